The Balaban J connectivity index is 2.38. The molecule has 2 rings (SSSR count). The molecule has 0 saturated carbocycles. The predicted molar refractivity (Wildman–Crippen MR) is 59.3 cm³/mol. The van der Waals surface area contributed by atoms with Gasteiger partial charge in [-0.05, 0) is 53.6 Å². The van der Waals surface area contributed by atoms with Crippen LogP contribution in [-0.4, -0.2) is 18.6 Å². The van der Waals surface area contributed by atoms with E-state index in [9.17, 15) is 0 Å². The average Bonchev–Trinajstić information content (AvgIpc) is 2.63. The molecule has 0 amide bonds. The molecule has 1 N–H and O–H groups in total. The molecule has 4 heteroatoms. The van der Waals surface area contributed by atoms with Crippen LogP contribution in [0.1, 0.15) is 5.56 Å². The van der Waals surface area contributed by atoms with Gasteiger partial charge in [-0.2, -0.15) is 0 Å². The lowest BCUT2D eigenvalue weighted by Crippen LogP contribution is -2.10. The quantitative estimate of drug-likeness (QED) is 0.914. The molecule has 1 aromatic heterocycles. The lowest BCUT2D eigenvalue weighted by atomic mass is 10.1. The topological polar surface area (TPSA) is 38.1 Å². The van der Waals surface area contributed by atoms with Gasteiger partial charge in [0.1, 0.15) is 5.52 Å². The fraction of sp³-hybridized carbons (Fsp3) is 0.300. The van der Waals surface area contributed by atoms with Crippen LogP contribution in [0, 0.1) is 0 Å². The molecular formula is C10H11BrN2O. The molecule has 0 unspecified atom stereocenters. The summed E-state index contributed by atoms with van der Waals surface area (Å²) >= 11 is 3.46. The lowest BCUT2D eigenvalue weighted by molar-refractivity contribution is 0.600. The molecule has 0 spiro atoms. The van der Waals surface area contributed by atoms with Crippen LogP contribution in [0.3, 0.4) is 0 Å². The third-order valence-electron chi connectivity index (χ3n) is 2.11. The summed E-state index contributed by atoms with van der Waals surface area (Å²) in [4.78, 5) is 4.13. The van der Waals surface area contributed by atoms with Gasteiger partial charge in [0.25, 0.3) is 0 Å². The summed E-state index contributed by atoms with van der Waals surface area (Å²) < 4.78 is 6.21. The maximum absolute atomic E-state index is 5.23. The number of rotatable bonds is 3. The van der Waals surface area contributed by atoms with Crippen LogP contribution < -0.4 is 5.32 Å². The largest absolute Gasteiger partial charge is 0.442 e. The minimum absolute atomic E-state index is 0.818. The Bertz CT molecular complexity index is 439. The molecular weight excluding hydrogens is 244 g/mol. The van der Waals surface area contributed by atoms with Crippen molar-refractivity contribution in [1.82, 2.24) is 10.3 Å². The van der Waals surface area contributed by atoms with Crippen LogP contribution in [0.5, 0.6) is 0 Å². The molecule has 3 nitrogen and oxygen atoms in total. The fourth-order valence-electron chi connectivity index (χ4n) is 1.40. The van der Waals surface area contributed by atoms with Gasteiger partial charge in [0, 0.05) is 0 Å². The van der Waals surface area contributed by atoms with Crippen LogP contribution in [0.4, 0.5) is 0 Å². The van der Waals surface area contributed by atoms with E-state index in [1.165, 1.54) is 12.0 Å². The molecule has 2 aromatic rings. The van der Waals surface area contributed by atoms with Crippen molar-refractivity contribution < 1.29 is 4.42 Å². The Morgan fingerprint density at radius 3 is 3.14 bits per heavy atom. The molecule has 14 heavy (non-hydrogen) atoms. The SMILES string of the molecule is CNCCc1cc(Br)c2ocnc2c1. The van der Waals surface area contributed by atoms with Gasteiger partial charge in [0.15, 0.2) is 12.0 Å². The number of oxazole rings is 1. The van der Waals surface area contributed by atoms with E-state index in [1.807, 2.05) is 7.05 Å². The third-order valence-corrected chi connectivity index (χ3v) is 2.70. The van der Waals surface area contributed by atoms with Crippen molar-refractivity contribution in [2.24, 2.45) is 0 Å². The second-order valence-corrected chi connectivity index (χ2v) is 3.99. The van der Waals surface area contributed by atoms with Gasteiger partial charge >= 0.3 is 0 Å². The summed E-state index contributed by atoms with van der Waals surface area (Å²) in [6, 6.07) is 4.13. The number of hydrogen-bond donors (Lipinski definition) is 1. The number of halogens is 1. The Hall–Kier alpha value is -0.870. The first-order valence-corrected chi connectivity index (χ1v) is 5.27. The highest BCUT2D eigenvalue weighted by molar-refractivity contribution is 9.10. The van der Waals surface area contributed by atoms with Crippen molar-refractivity contribution in [3.05, 3.63) is 28.6 Å². The van der Waals surface area contributed by atoms with Crippen molar-refractivity contribution in [2.75, 3.05) is 13.6 Å². The first kappa shape index (κ1) is 9.68. The first-order chi connectivity index (χ1) is 6.81. The van der Waals surface area contributed by atoms with Gasteiger partial charge in [0.05, 0.1) is 4.47 Å². The van der Waals surface area contributed by atoms with Crippen LogP contribution in [0.25, 0.3) is 11.1 Å². The summed E-state index contributed by atoms with van der Waals surface area (Å²) in [7, 11) is 1.95. The van der Waals surface area contributed by atoms with E-state index >= 15 is 0 Å². The van der Waals surface area contributed by atoms with Gasteiger partial charge < -0.3 is 9.73 Å². The molecule has 0 bridgehead atoms. The summed E-state index contributed by atoms with van der Waals surface area (Å²) in [5.74, 6) is 0. The van der Waals surface area contributed by atoms with E-state index in [0.29, 0.717) is 0 Å². The number of aromatic nitrogens is 1. The molecule has 1 heterocycles. The number of hydrogen-bond acceptors (Lipinski definition) is 3. The second-order valence-electron chi connectivity index (χ2n) is 3.13. The second kappa shape index (κ2) is 4.11. The highest BCUT2D eigenvalue weighted by atomic mass is 79.9. The lowest BCUT2D eigenvalue weighted by Gasteiger charge is -2.01. The molecule has 74 valence electrons. The van der Waals surface area contributed by atoms with Crippen LogP contribution in [0.15, 0.2) is 27.4 Å². The molecule has 0 saturated heterocycles. The third kappa shape index (κ3) is 1.81. The monoisotopic (exact) mass is 254 g/mol. The zero-order chi connectivity index (χ0) is 9.97. The fourth-order valence-corrected chi connectivity index (χ4v) is 1.99. The molecule has 0 aliphatic carbocycles. The standard InChI is InChI=1S/C10H11BrN2O/c1-12-3-2-7-4-8(11)10-9(5-7)13-6-14-10/h4-6,12H,2-3H2,1H3. The Labute approximate surface area is 90.6 Å². The predicted octanol–water partition coefficient (Wildman–Crippen LogP) is 2.35. The minimum atomic E-state index is 0.818. The summed E-state index contributed by atoms with van der Waals surface area (Å²) in [5, 5.41) is 3.12. The van der Waals surface area contributed by atoms with E-state index in [0.717, 1.165) is 28.5 Å². The van der Waals surface area contributed by atoms with Crippen molar-refractivity contribution in [1.29, 1.82) is 0 Å². The van der Waals surface area contributed by atoms with Crippen molar-refractivity contribution in [3.8, 4) is 0 Å². The molecule has 0 atom stereocenters. The Morgan fingerprint density at radius 2 is 2.36 bits per heavy atom. The molecule has 0 fully saturated rings. The summed E-state index contributed by atoms with van der Waals surface area (Å²) in [6.45, 7) is 0.968. The van der Waals surface area contributed by atoms with E-state index in [2.05, 4.69) is 38.4 Å². The van der Waals surface area contributed by atoms with Gasteiger partial charge in [-0.1, -0.05) is 0 Å². The van der Waals surface area contributed by atoms with Crippen molar-refractivity contribution in [3.63, 3.8) is 0 Å². The molecule has 0 aliphatic rings. The summed E-state index contributed by atoms with van der Waals surface area (Å²) in [6.07, 6.45) is 2.47. The maximum Gasteiger partial charge on any atom is 0.182 e. The number of benzene rings is 1. The van der Waals surface area contributed by atoms with Crippen molar-refractivity contribution >= 4 is 27.0 Å². The number of nitrogens with one attached hydrogen (secondary N) is 1. The number of likely N-dealkylation sites (N-methyl/N-ethyl adjacent to an activating group) is 1. The van der Waals surface area contributed by atoms with Gasteiger partial charge in [-0.3, -0.25) is 0 Å². The van der Waals surface area contributed by atoms with Crippen LogP contribution in [0.2, 0.25) is 0 Å². The molecule has 0 radical (unpaired) electrons. The molecule has 0 aliphatic heterocycles. The highest BCUT2D eigenvalue weighted by Gasteiger charge is 2.05. The van der Waals surface area contributed by atoms with E-state index < -0.39 is 0 Å². The first-order valence-electron chi connectivity index (χ1n) is 4.47. The van der Waals surface area contributed by atoms with Crippen molar-refractivity contribution in [2.45, 2.75) is 6.42 Å². The van der Waals surface area contributed by atoms with E-state index in [-0.39, 0.29) is 0 Å². The molecule has 1 aromatic carbocycles. The highest BCUT2D eigenvalue weighted by Crippen LogP contribution is 2.24. The maximum atomic E-state index is 5.23. The summed E-state index contributed by atoms with van der Waals surface area (Å²) in [5.41, 5.74) is 2.98. The zero-order valence-corrected chi connectivity index (χ0v) is 9.47. The van der Waals surface area contributed by atoms with Gasteiger partial charge in [-0.25, -0.2) is 4.98 Å². The van der Waals surface area contributed by atoms with Gasteiger partial charge in [-0.15, -0.1) is 0 Å². The van der Waals surface area contributed by atoms with E-state index in [1.54, 1.807) is 0 Å². The number of fused-ring (bicyclic) bond motifs is 1. The van der Waals surface area contributed by atoms with Crippen LogP contribution >= 0.6 is 15.9 Å². The Kier molecular flexibility index (Phi) is 2.84. The normalized spacial score (nSPS) is 11.0. The smallest absolute Gasteiger partial charge is 0.182 e. The average molecular weight is 255 g/mol. The Morgan fingerprint density at radius 1 is 1.50 bits per heavy atom. The zero-order valence-electron chi connectivity index (χ0n) is 7.88. The van der Waals surface area contributed by atoms with Crippen LogP contribution in [-0.2, 0) is 6.42 Å². The van der Waals surface area contributed by atoms with E-state index in [4.69, 9.17) is 4.42 Å². The minimum Gasteiger partial charge on any atom is -0.442 e. The van der Waals surface area contributed by atoms with Gasteiger partial charge in [0.2, 0.25) is 0 Å². The number of nitrogens with zero attached hydrogens (tertiary/aromatic N) is 1.